The summed E-state index contributed by atoms with van der Waals surface area (Å²) in [5.74, 6) is -2.95. The molecule has 0 radical (unpaired) electrons. The number of aryl methyl sites for hydroxylation is 1. The molecule has 2 amide bonds. The maximum Gasteiger partial charge on any atom is 0.408 e. The highest BCUT2D eigenvalue weighted by atomic mass is 35.5. The van der Waals surface area contributed by atoms with E-state index in [0.29, 0.717) is 5.02 Å². The molecule has 13 nitrogen and oxygen atoms in total. The average Bonchev–Trinajstić information content (AvgIpc) is 3.32. The fourth-order valence-corrected chi connectivity index (χ4v) is 4.67. The number of benzene rings is 2. The monoisotopic (exact) mass is 672 g/mol. The van der Waals surface area contributed by atoms with E-state index in [1.54, 1.807) is 40.7 Å². The van der Waals surface area contributed by atoms with Crippen LogP contribution in [0.15, 0.2) is 59.4 Å². The number of rotatable bonds is 13. The van der Waals surface area contributed by atoms with Crippen LogP contribution in [0.4, 0.5) is 4.79 Å². The van der Waals surface area contributed by atoms with Crippen LogP contribution in [0.5, 0.6) is 0 Å². The van der Waals surface area contributed by atoms with E-state index >= 15 is 0 Å². The van der Waals surface area contributed by atoms with Gasteiger partial charge >= 0.3 is 18.0 Å². The van der Waals surface area contributed by atoms with Gasteiger partial charge < -0.3 is 30.0 Å². The number of alkyl carbamates (subject to hydrolysis) is 1. The number of ether oxygens (including phenoxy) is 3. The number of aliphatic hydroxyl groups is 1. The summed E-state index contributed by atoms with van der Waals surface area (Å²) < 4.78 is 16.3. The molecule has 0 aliphatic rings. The molecule has 47 heavy (non-hydrogen) atoms. The minimum absolute atomic E-state index is 0.00230. The van der Waals surface area contributed by atoms with Gasteiger partial charge in [-0.25, -0.2) is 14.4 Å². The molecule has 14 heteroatoms. The SMILES string of the molecule is CC(C)C(NC(=O)OC(C)(C)C)C(=O)OCOC(=O)C(O)CC(Cc1ccc(-c2cccc(Cl)c2)cc1)NC(=O)c1cc(=O)n(C)[nH]1. The van der Waals surface area contributed by atoms with E-state index in [4.69, 9.17) is 25.8 Å². The van der Waals surface area contributed by atoms with Crippen molar-refractivity contribution in [3.63, 3.8) is 0 Å². The van der Waals surface area contributed by atoms with E-state index in [1.807, 2.05) is 42.5 Å². The third-order valence-electron chi connectivity index (χ3n) is 6.84. The molecular weight excluding hydrogens is 632 g/mol. The number of esters is 2. The summed E-state index contributed by atoms with van der Waals surface area (Å²) in [6.45, 7) is 7.58. The Balaban J connectivity index is 1.64. The second-order valence-corrected chi connectivity index (χ2v) is 12.7. The van der Waals surface area contributed by atoms with Crippen molar-refractivity contribution in [2.45, 2.75) is 71.2 Å². The lowest BCUT2D eigenvalue weighted by molar-refractivity contribution is -0.175. The Kier molecular flexibility index (Phi) is 12.8. The van der Waals surface area contributed by atoms with E-state index in [1.165, 1.54) is 7.05 Å². The third kappa shape index (κ3) is 11.6. The summed E-state index contributed by atoms with van der Waals surface area (Å²) in [7, 11) is 1.46. The van der Waals surface area contributed by atoms with Crippen molar-refractivity contribution < 1.29 is 38.5 Å². The van der Waals surface area contributed by atoms with Crippen LogP contribution < -0.4 is 16.2 Å². The first-order valence-electron chi connectivity index (χ1n) is 14.9. The molecule has 4 N–H and O–H groups in total. The highest BCUT2D eigenvalue weighted by Gasteiger charge is 2.29. The number of aromatic amines is 1. The quantitative estimate of drug-likeness (QED) is 0.156. The van der Waals surface area contributed by atoms with E-state index in [9.17, 15) is 29.1 Å². The maximum absolute atomic E-state index is 13.0. The number of carbonyl (C=O) groups is 4. The summed E-state index contributed by atoms with van der Waals surface area (Å²) >= 11 is 6.12. The molecule has 0 bridgehead atoms. The van der Waals surface area contributed by atoms with Crippen molar-refractivity contribution >= 4 is 35.5 Å². The Morgan fingerprint density at radius 1 is 0.957 bits per heavy atom. The molecule has 0 aliphatic heterocycles. The molecule has 3 atom stereocenters. The van der Waals surface area contributed by atoms with Crippen molar-refractivity contribution in [1.82, 2.24) is 20.4 Å². The second kappa shape index (κ2) is 16.3. The summed E-state index contributed by atoms with van der Waals surface area (Å²) in [6, 6.07) is 14.1. The van der Waals surface area contributed by atoms with Gasteiger partial charge in [-0.3, -0.25) is 19.4 Å². The lowest BCUT2D eigenvalue weighted by atomic mass is 9.97. The number of aliphatic hydroxyl groups excluding tert-OH is 1. The molecule has 3 aromatic rings. The first-order valence-corrected chi connectivity index (χ1v) is 15.3. The Labute approximate surface area is 277 Å². The zero-order chi connectivity index (χ0) is 34.9. The number of hydrogen-bond acceptors (Lipinski definition) is 9. The van der Waals surface area contributed by atoms with E-state index in [-0.39, 0.29) is 24.5 Å². The van der Waals surface area contributed by atoms with Crippen molar-refractivity contribution in [3.8, 4) is 11.1 Å². The number of hydrogen-bond donors (Lipinski definition) is 4. The normalized spacial score (nSPS) is 13.3. The van der Waals surface area contributed by atoms with Crippen molar-refractivity contribution in [1.29, 1.82) is 0 Å². The van der Waals surface area contributed by atoms with Gasteiger partial charge in [0.15, 0.2) is 6.10 Å². The van der Waals surface area contributed by atoms with Crippen LogP contribution in [0.25, 0.3) is 11.1 Å². The van der Waals surface area contributed by atoms with Crippen LogP contribution in [-0.2, 0) is 37.3 Å². The molecule has 0 saturated carbocycles. The smallest absolute Gasteiger partial charge is 0.408 e. The highest BCUT2D eigenvalue weighted by molar-refractivity contribution is 6.30. The number of carbonyl (C=O) groups excluding carboxylic acids is 4. The number of aromatic nitrogens is 2. The molecular formula is C33H41ClN4O9. The molecule has 3 rings (SSSR count). The first kappa shape index (κ1) is 36.8. The van der Waals surface area contributed by atoms with Gasteiger partial charge in [0.25, 0.3) is 11.5 Å². The van der Waals surface area contributed by atoms with Crippen molar-refractivity contribution in [2.24, 2.45) is 13.0 Å². The molecule has 0 saturated heterocycles. The number of nitrogens with zero attached hydrogens (tertiary/aromatic N) is 1. The summed E-state index contributed by atoms with van der Waals surface area (Å²) in [5, 5.41) is 19.1. The van der Waals surface area contributed by atoms with Gasteiger partial charge in [-0.05, 0) is 61.9 Å². The fraction of sp³-hybridized carbons (Fsp3) is 0.424. The minimum atomic E-state index is -1.71. The zero-order valence-corrected chi connectivity index (χ0v) is 27.9. The Hall–Kier alpha value is -4.62. The molecule has 254 valence electrons. The van der Waals surface area contributed by atoms with Crippen molar-refractivity contribution in [3.05, 3.63) is 81.2 Å². The molecule has 0 aliphatic carbocycles. The number of amides is 2. The van der Waals surface area contributed by atoms with Gasteiger partial charge in [-0.1, -0.05) is 61.8 Å². The lowest BCUT2D eigenvalue weighted by Gasteiger charge is -2.24. The van der Waals surface area contributed by atoms with Crippen LogP contribution in [-0.4, -0.2) is 69.4 Å². The first-order chi connectivity index (χ1) is 22.0. The van der Waals surface area contributed by atoms with E-state index in [0.717, 1.165) is 27.4 Å². The van der Waals surface area contributed by atoms with Crippen LogP contribution >= 0.6 is 11.6 Å². The topological polar surface area (TPSA) is 178 Å². The molecule has 0 spiro atoms. The minimum Gasteiger partial charge on any atom is -0.444 e. The molecule has 1 aromatic heterocycles. The summed E-state index contributed by atoms with van der Waals surface area (Å²) in [6.07, 6.45) is -2.57. The Bertz CT molecular complexity index is 1610. The molecule has 1 heterocycles. The van der Waals surface area contributed by atoms with Crippen LogP contribution in [0, 0.1) is 5.92 Å². The summed E-state index contributed by atoms with van der Waals surface area (Å²) in [4.78, 5) is 62.2. The fourth-order valence-electron chi connectivity index (χ4n) is 4.48. The number of H-pyrrole nitrogens is 1. The predicted molar refractivity (Wildman–Crippen MR) is 174 cm³/mol. The lowest BCUT2D eigenvalue weighted by Crippen LogP contribution is -2.47. The summed E-state index contributed by atoms with van der Waals surface area (Å²) in [5.41, 5.74) is 1.43. The standard InChI is InChI=1S/C33H41ClN4O9/c1-19(2)28(36-32(44)47-33(3,4)5)31(43)46-18-45-30(42)26(39)16-24(35-29(41)25-17-27(40)38(6)37-25)14-20-10-12-21(13-11-20)22-8-7-9-23(34)15-22/h7-13,15,17,19,24,26,28,37,39H,14,16,18H2,1-6H3,(H,35,41)(H,36,44). The third-order valence-corrected chi connectivity index (χ3v) is 7.07. The van der Waals surface area contributed by atoms with Gasteiger partial charge in [-0.2, -0.15) is 0 Å². The zero-order valence-electron chi connectivity index (χ0n) is 27.2. The van der Waals surface area contributed by atoms with Gasteiger partial charge in [0, 0.05) is 30.6 Å². The Morgan fingerprint density at radius 2 is 1.62 bits per heavy atom. The highest BCUT2D eigenvalue weighted by Crippen LogP contribution is 2.23. The van der Waals surface area contributed by atoms with Crippen molar-refractivity contribution in [2.75, 3.05) is 6.79 Å². The molecule has 2 aromatic carbocycles. The van der Waals surface area contributed by atoms with Crippen LogP contribution in [0.3, 0.4) is 0 Å². The van der Waals surface area contributed by atoms with Gasteiger partial charge in [0.1, 0.15) is 17.3 Å². The maximum atomic E-state index is 13.0. The second-order valence-electron chi connectivity index (χ2n) is 12.3. The number of nitrogens with one attached hydrogen (secondary N) is 3. The van der Waals surface area contributed by atoms with Gasteiger partial charge in [0.05, 0.1) is 0 Å². The molecule has 3 unspecified atom stereocenters. The van der Waals surface area contributed by atoms with Crippen LogP contribution in [0.2, 0.25) is 5.02 Å². The van der Waals surface area contributed by atoms with Crippen LogP contribution in [0.1, 0.15) is 57.1 Å². The van der Waals surface area contributed by atoms with E-state index in [2.05, 4.69) is 15.7 Å². The van der Waals surface area contributed by atoms with E-state index < -0.39 is 60.1 Å². The van der Waals surface area contributed by atoms with Gasteiger partial charge in [-0.15, -0.1) is 0 Å². The number of halogens is 1. The van der Waals surface area contributed by atoms with Gasteiger partial charge in [0.2, 0.25) is 6.79 Å². The molecule has 0 fully saturated rings. The predicted octanol–water partition coefficient (Wildman–Crippen LogP) is 3.72. The Morgan fingerprint density at radius 3 is 2.19 bits per heavy atom. The average molecular weight is 673 g/mol. The largest absolute Gasteiger partial charge is 0.444 e.